The molecule has 0 saturated heterocycles. The van der Waals surface area contributed by atoms with Crippen molar-refractivity contribution in [3.05, 3.63) is 94.1 Å². The van der Waals surface area contributed by atoms with Crippen molar-refractivity contribution in [2.24, 2.45) is 0 Å². The molecule has 0 atom stereocenters. The zero-order valence-corrected chi connectivity index (χ0v) is 18.4. The van der Waals surface area contributed by atoms with E-state index in [0.717, 1.165) is 43.5 Å². The van der Waals surface area contributed by atoms with Crippen molar-refractivity contribution in [3.63, 3.8) is 0 Å². The van der Waals surface area contributed by atoms with Crippen LogP contribution in [0.2, 0.25) is 0 Å². The first-order valence-electron chi connectivity index (χ1n) is 9.63. The van der Waals surface area contributed by atoms with Gasteiger partial charge in [-0.15, -0.1) is 0 Å². The third-order valence-corrected chi connectivity index (χ3v) is 5.47. The van der Waals surface area contributed by atoms with E-state index in [0.29, 0.717) is 12.1 Å². The molecule has 30 heavy (non-hydrogen) atoms. The maximum Gasteiger partial charge on any atom is 0.252 e. The maximum atomic E-state index is 13.1. The molecule has 3 aromatic carbocycles. The molecule has 0 aliphatic carbocycles. The number of amides is 1. The van der Waals surface area contributed by atoms with Crippen molar-refractivity contribution in [3.8, 4) is 16.9 Å². The second-order valence-corrected chi connectivity index (χ2v) is 7.93. The standard InChI is InChI=1S/C25H21BrN2O2/c1-16-13-22(25(29)27-15-18-14-19(26)11-12-23(18)30-2)21-10-6-9-20(24(21)28-16)17-7-4-3-5-8-17/h3-14H,15H2,1-2H3,(H,27,29). The van der Waals surface area contributed by atoms with Gasteiger partial charge in [-0.3, -0.25) is 9.78 Å². The van der Waals surface area contributed by atoms with Gasteiger partial charge in [0.15, 0.2) is 0 Å². The predicted molar refractivity (Wildman–Crippen MR) is 124 cm³/mol. The van der Waals surface area contributed by atoms with Gasteiger partial charge in [0.1, 0.15) is 5.75 Å². The molecule has 4 nitrogen and oxygen atoms in total. The Labute approximate surface area is 184 Å². The number of methoxy groups -OCH3 is 1. The fourth-order valence-electron chi connectivity index (χ4n) is 3.57. The summed E-state index contributed by atoms with van der Waals surface area (Å²) < 4.78 is 6.35. The number of hydrogen-bond donors (Lipinski definition) is 1. The van der Waals surface area contributed by atoms with Gasteiger partial charge in [0.25, 0.3) is 5.91 Å². The van der Waals surface area contributed by atoms with Crippen LogP contribution in [-0.2, 0) is 6.54 Å². The van der Waals surface area contributed by atoms with Crippen LogP contribution in [0.15, 0.2) is 77.3 Å². The molecule has 4 rings (SSSR count). The summed E-state index contributed by atoms with van der Waals surface area (Å²) in [6.07, 6.45) is 0. The molecule has 0 bridgehead atoms. The molecular weight excluding hydrogens is 440 g/mol. The summed E-state index contributed by atoms with van der Waals surface area (Å²) in [5.74, 6) is 0.596. The molecule has 0 aliphatic heterocycles. The summed E-state index contributed by atoms with van der Waals surface area (Å²) in [5.41, 5.74) is 5.24. The summed E-state index contributed by atoms with van der Waals surface area (Å²) >= 11 is 3.47. The van der Waals surface area contributed by atoms with Crippen LogP contribution in [-0.4, -0.2) is 18.0 Å². The molecule has 0 aliphatic rings. The average molecular weight is 461 g/mol. The first-order chi connectivity index (χ1) is 14.6. The summed E-state index contributed by atoms with van der Waals surface area (Å²) in [5, 5.41) is 3.86. The van der Waals surface area contributed by atoms with Gasteiger partial charge in [-0.05, 0) is 36.8 Å². The van der Waals surface area contributed by atoms with Gasteiger partial charge in [-0.25, -0.2) is 0 Å². The number of benzene rings is 3. The molecule has 0 spiro atoms. The van der Waals surface area contributed by atoms with Crippen molar-refractivity contribution in [2.45, 2.75) is 13.5 Å². The number of nitrogens with zero attached hydrogens (tertiary/aromatic N) is 1. The van der Waals surface area contributed by atoms with Gasteiger partial charge in [0, 0.05) is 33.2 Å². The molecule has 0 unspecified atom stereocenters. The predicted octanol–water partition coefficient (Wildman–Crippen LogP) is 5.91. The number of carbonyl (C=O) groups excluding carboxylic acids is 1. The average Bonchev–Trinajstić information content (AvgIpc) is 2.77. The number of nitrogens with one attached hydrogen (secondary N) is 1. The number of hydrogen-bond acceptors (Lipinski definition) is 3. The fraction of sp³-hybridized carbons (Fsp3) is 0.120. The van der Waals surface area contributed by atoms with E-state index < -0.39 is 0 Å². The molecule has 0 radical (unpaired) electrons. The second kappa shape index (κ2) is 8.67. The molecule has 150 valence electrons. The van der Waals surface area contributed by atoms with Crippen LogP contribution >= 0.6 is 15.9 Å². The Hall–Kier alpha value is -3.18. The van der Waals surface area contributed by atoms with Gasteiger partial charge < -0.3 is 10.1 Å². The van der Waals surface area contributed by atoms with E-state index in [2.05, 4.69) is 33.4 Å². The Morgan fingerprint density at radius 2 is 1.83 bits per heavy atom. The highest BCUT2D eigenvalue weighted by molar-refractivity contribution is 9.10. The van der Waals surface area contributed by atoms with Crippen LogP contribution in [0.25, 0.3) is 22.0 Å². The highest BCUT2D eigenvalue weighted by Gasteiger charge is 2.15. The minimum absolute atomic E-state index is 0.141. The zero-order chi connectivity index (χ0) is 21.1. The van der Waals surface area contributed by atoms with Gasteiger partial charge in [-0.2, -0.15) is 0 Å². The number of halogens is 1. The van der Waals surface area contributed by atoms with Gasteiger partial charge >= 0.3 is 0 Å². The molecule has 1 amide bonds. The first kappa shape index (κ1) is 20.1. The fourth-order valence-corrected chi connectivity index (χ4v) is 3.98. The zero-order valence-electron chi connectivity index (χ0n) is 16.8. The van der Waals surface area contributed by atoms with Gasteiger partial charge in [-0.1, -0.05) is 64.5 Å². The lowest BCUT2D eigenvalue weighted by Gasteiger charge is -2.13. The molecule has 1 heterocycles. The Morgan fingerprint density at radius 3 is 2.60 bits per heavy atom. The van der Waals surface area contributed by atoms with E-state index in [1.165, 1.54) is 0 Å². The number of ether oxygens (including phenoxy) is 1. The lowest BCUT2D eigenvalue weighted by Crippen LogP contribution is -2.23. The quantitative estimate of drug-likeness (QED) is 0.402. The van der Waals surface area contributed by atoms with E-state index in [4.69, 9.17) is 9.72 Å². The Balaban J connectivity index is 1.71. The number of rotatable bonds is 5. The molecule has 1 N–H and O–H groups in total. The number of aryl methyl sites for hydroxylation is 1. The van der Waals surface area contributed by atoms with Crippen molar-refractivity contribution >= 4 is 32.7 Å². The monoisotopic (exact) mass is 460 g/mol. The lowest BCUT2D eigenvalue weighted by molar-refractivity contribution is 0.0952. The van der Waals surface area contributed by atoms with E-state index in [-0.39, 0.29) is 5.91 Å². The molecule has 0 fully saturated rings. The maximum absolute atomic E-state index is 13.1. The molecule has 5 heteroatoms. The minimum atomic E-state index is -0.141. The summed E-state index contributed by atoms with van der Waals surface area (Å²) in [6, 6.07) is 23.6. The van der Waals surface area contributed by atoms with E-state index in [9.17, 15) is 4.79 Å². The highest BCUT2D eigenvalue weighted by Crippen LogP contribution is 2.30. The van der Waals surface area contributed by atoms with Crippen molar-refractivity contribution in [1.82, 2.24) is 10.3 Å². The molecule has 1 aromatic heterocycles. The van der Waals surface area contributed by atoms with Crippen molar-refractivity contribution in [1.29, 1.82) is 0 Å². The Morgan fingerprint density at radius 1 is 1.03 bits per heavy atom. The van der Waals surface area contributed by atoms with Crippen LogP contribution in [0, 0.1) is 6.92 Å². The second-order valence-electron chi connectivity index (χ2n) is 7.02. The number of fused-ring (bicyclic) bond motifs is 1. The summed E-state index contributed by atoms with van der Waals surface area (Å²) in [4.78, 5) is 17.9. The lowest BCUT2D eigenvalue weighted by atomic mass is 9.98. The summed E-state index contributed by atoms with van der Waals surface area (Å²) in [7, 11) is 1.62. The van der Waals surface area contributed by atoms with Crippen LogP contribution in [0.4, 0.5) is 0 Å². The van der Waals surface area contributed by atoms with Crippen LogP contribution < -0.4 is 10.1 Å². The number of para-hydroxylation sites is 1. The number of aromatic nitrogens is 1. The van der Waals surface area contributed by atoms with Crippen LogP contribution in [0.5, 0.6) is 5.75 Å². The molecule has 4 aromatic rings. The Bertz CT molecular complexity index is 1220. The number of pyridine rings is 1. The largest absolute Gasteiger partial charge is 0.496 e. The van der Waals surface area contributed by atoms with Gasteiger partial charge in [0.05, 0.1) is 18.2 Å². The van der Waals surface area contributed by atoms with Crippen molar-refractivity contribution < 1.29 is 9.53 Å². The van der Waals surface area contributed by atoms with E-state index in [1.54, 1.807) is 7.11 Å². The van der Waals surface area contributed by atoms with Crippen LogP contribution in [0.1, 0.15) is 21.6 Å². The van der Waals surface area contributed by atoms with E-state index >= 15 is 0 Å². The van der Waals surface area contributed by atoms with E-state index in [1.807, 2.05) is 67.6 Å². The van der Waals surface area contributed by atoms with Crippen LogP contribution in [0.3, 0.4) is 0 Å². The molecular formula is C25H21BrN2O2. The Kier molecular flexibility index (Phi) is 5.81. The highest BCUT2D eigenvalue weighted by atomic mass is 79.9. The molecule has 0 saturated carbocycles. The minimum Gasteiger partial charge on any atom is -0.496 e. The first-order valence-corrected chi connectivity index (χ1v) is 10.4. The normalized spacial score (nSPS) is 10.8. The topological polar surface area (TPSA) is 51.2 Å². The smallest absolute Gasteiger partial charge is 0.252 e. The third-order valence-electron chi connectivity index (χ3n) is 4.98. The summed E-state index contributed by atoms with van der Waals surface area (Å²) in [6.45, 7) is 2.28. The van der Waals surface area contributed by atoms with Crippen molar-refractivity contribution in [2.75, 3.05) is 7.11 Å². The SMILES string of the molecule is COc1ccc(Br)cc1CNC(=O)c1cc(C)nc2c(-c3ccccc3)cccc12. The number of carbonyl (C=O) groups is 1. The van der Waals surface area contributed by atoms with Gasteiger partial charge in [0.2, 0.25) is 0 Å². The third kappa shape index (κ3) is 4.07.